The maximum Gasteiger partial charge on any atom is 0.286 e. The van der Waals surface area contributed by atoms with Gasteiger partial charge in [0.1, 0.15) is 12.1 Å². The van der Waals surface area contributed by atoms with Crippen molar-refractivity contribution in [1.29, 1.82) is 0 Å². The van der Waals surface area contributed by atoms with Crippen LogP contribution in [0.4, 0.5) is 9.18 Å². The Morgan fingerprint density at radius 2 is 2.25 bits per heavy atom. The lowest BCUT2D eigenvalue weighted by molar-refractivity contribution is 0.112. The summed E-state index contributed by atoms with van der Waals surface area (Å²) in [6.07, 6.45) is 3.01. The molecule has 0 N–H and O–H groups in total. The molecule has 1 aliphatic carbocycles. The Morgan fingerprint density at radius 1 is 1.50 bits per heavy atom. The summed E-state index contributed by atoms with van der Waals surface area (Å²) in [7, 11) is 0. The van der Waals surface area contributed by atoms with Gasteiger partial charge in [-0.2, -0.15) is 0 Å². The van der Waals surface area contributed by atoms with Crippen LogP contribution in [0.25, 0.3) is 5.70 Å². The largest absolute Gasteiger partial charge is 0.302 e. The molecule has 1 amide bonds. The molecular weight excluding hydrogens is 277 g/mol. The highest BCUT2D eigenvalue weighted by Gasteiger charge is 2.34. The maximum atomic E-state index is 14.3. The van der Waals surface area contributed by atoms with Crippen LogP contribution in [-0.2, 0) is 6.42 Å². The van der Waals surface area contributed by atoms with Gasteiger partial charge in [-0.3, -0.25) is 9.59 Å². The summed E-state index contributed by atoms with van der Waals surface area (Å²) >= 11 is 1.29. The maximum absolute atomic E-state index is 14.3. The van der Waals surface area contributed by atoms with Gasteiger partial charge in [0.05, 0.1) is 0 Å². The zero-order chi connectivity index (χ0) is 14.4. The van der Waals surface area contributed by atoms with Crippen LogP contribution in [0.2, 0.25) is 0 Å². The monoisotopic (exact) mass is 291 g/mol. The number of hydrogen-bond donors (Lipinski definition) is 0. The van der Waals surface area contributed by atoms with E-state index < -0.39 is 0 Å². The SMILES string of the molecule is Cc1c(C=O)cc2c(c1F)CC=C2N1C[C@H](C)SC1=O. The number of thioether (sulfide) groups is 1. The van der Waals surface area contributed by atoms with Gasteiger partial charge in [0.25, 0.3) is 5.24 Å². The number of benzene rings is 1. The normalized spacial score (nSPS) is 21.1. The molecule has 20 heavy (non-hydrogen) atoms. The van der Waals surface area contributed by atoms with Crippen molar-refractivity contribution in [2.24, 2.45) is 0 Å². The highest BCUT2D eigenvalue weighted by molar-refractivity contribution is 8.14. The molecule has 1 atom stereocenters. The predicted octanol–water partition coefficient (Wildman–Crippen LogP) is 3.40. The van der Waals surface area contributed by atoms with Crippen LogP contribution in [0, 0.1) is 12.7 Å². The van der Waals surface area contributed by atoms with Crippen LogP contribution in [0.15, 0.2) is 12.1 Å². The number of hydrogen-bond acceptors (Lipinski definition) is 3. The number of halogens is 1. The van der Waals surface area contributed by atoms with Crippen molar-refractivity contribution in [1.82, 2.24) is 4.90 Å². The van der Waals surface area contributed by atoms with E-state index in [-0.39, 0.29) is 16.3 Å². The summed E-state index contributed by atoms with van der Waals surface area (Å²) in [6, 6.07) is 1.69. The van der Waals surface area contributed by atoms with E-state index in [1.165, 1.54) is 11.8 Å². The minimum Gasteiger partial charge on any atom is -0.302 e. The molecule has 2 aliphatic rings. The van der Waals surface area contributed by atoms with E-state index in [0.717, 1.165) is 5.70 Å². The first-order valence-electron chi connectivity index (χ1n) is 6.48. The molecule has 0 bridgehead atoms. The zero-order valence-corrected chi connectivity index (χ0v) is 12.1. The summed E-state index contributed by atoms with van der Waals surface area (Å²) in [5.41, 5.74) is 2.73. The molecule has 1 heterocycles. The van der Waals surface area contributed by atoms with Gasteiger partial charge in [0, 0.05) is 34.2 Å². The molecule has 0 unspecified atom stereocenters. The number of carbonyl (C=O) groups is 2. The highest BCUT2D eigenvalue weighted by atomic mass is 32.2. The van der Waals surface area contributed by atoms with Crippen molar-refractivity contribution in [3.8, 4) is 0 Å². The van der Waals surface area contributed by atoms with Crippen LogP contribution < -0.4 is 0 Å². The van der Waals surface area contributed by atoms with Crippen LogP contribution >= 0.6 is 11.8 Å². The number of amides is 1. The second-order valence-corrected chi connectivity index (χ2v) is 6.54. The van der Waals surface area contributed by atoms with E-state index >= 15 is 0 Å². The summed E-state index contributed by atoms with van der Waals surface area (Å²) in [6.45, 7) is 4.22. The number of allylic oxidation sites excluding steroid dienone is 1. The third-order valence-electron chi connectivity index (χ3n) is 3.81. The summed E-state index contributed by atoms with van der Waals surface area (Å²) in [4.78, 5) is 24.7. The molecule has 3 nitrogen and oxygen atoms in total. The first-order chi connectivity index (χ1) is 9.52. The summed E-state index contributed by atoms with van der Waals surface area (Å²) in [5, 5.41) is 0.221. The molecule has 1 aromatic rings. The third-order valence-corrected chi connectivity index (χ3v) is 4.78. The summed E-state index contributed by atoms with van der Waals surface area (Å²) in [5.74, 6) is -0.330. The van der Waals surface area contributed by atoms with Gasteiger partial charge in [-0.15, -0.1) is 0 Å². The van der Waals surface area contributed by atoms with E-state index in [1.807, 2.05) is 13.0 Å². The number of rotatable bonds is 2. The first-order valence-corrected chi connectivity index (χ1v) is 7.36. The highest BCUT2D eigenvalue weighted by Crippen LogP contribution is 2.39. The minimum atomic E-state index is -0.330. The molecule has 0 aromatic heterocycles. The Labute approximate surface area is 120 Å². The van der Waals surface area contributed by atoms with E-state index in [9.17, 15) is 14.0 Å². The second kappa shape index (κ2) is 4.74. The van der Waals surface area contributed by atoms with Gasteiger partial charge >= 0.3 is 0 Å². The van der Waals surface area contributed by atoms with Crippen LogP contribution in [-0.4, -0.2) is 28.2 Å². The smallest absolute Gasteiger partial charge is 0.286 e. The Bertz CT molecular complexity index is 654. The predicted molar refractivity (Wildman–Crippen MR) is 77.4 cm³/mol. The molecule has 0 spiro atoms. The molecule has 5 heteroatoms. The van der Waals surface area contributed by atoms with Gasteiger partial charge in [-0.05, 0) is 25.0 Å². The Morgan fingerprint density at radius 3 is 2.85 bits per heavy atom. The molecule has 0 saturated carbocycles. The zero-order valence-electron chi connectivity index (χ0n) is 11.3. The van der Waals surface area contributed by atoms with Crippen molar-refractivity contribution in [2.45, 2.75) is 25.5 Å². The van der Waals surface area contributed by atoms with Gasteiger partial charge in [0.2, 0.25) is 0 Å². The van der Waals surface area contributed by atoms with Gasteiger partial charge < -0.3 is 4.90 Å². The average molecular weight is 291 g/mol. The molecule has 1 aliphatic heterocycles. The number of aldehydes is 1. The first kappa shape index (κ1) is 13.4. The number of nitrogens with zero attached hydrogens (tertiary/aromatic N) is 1. The van der Waals surface area contributed by atoms with Gasteiger partial charge in [-0.25, -0.2) is 4.39 Å². The van der Waals surface area contributed by atoms with Crippen molar-refractivity contribution < 1.29 is 14.0 Å². The molecule has 1 aromatic carbocycles. The standard InChI is InChI=1S/C15H14FNO2S/c1-8-6-17(15(19)20-8)13-4-3-11-12(13)5-10(7-18)9(2)14(11)16/h4-5,7-8H,3,6H2,1-2H3/t8-/m0/s1. The van der Waals surface area contributed by atoms with Crippen LogP contribution in [0.5, 0.6) is 0 Å². The van der Waals surface area contributed by atoms with Crippen molar-refractivity contribution in [3.63, 3.8) is 0 Å². The fourth-order valence-corrected chi connectivity index (χ4v) is 3.61. The molecule has 3 rings (SSSR count). The van der Waals surface area contributed by atoms with Crippen molar-refractivity contribution in [3.05, 3.63) is 40.2 Å². The van der Waals surface area contributed by atoms with E-state index in [1.54, 1.807) is 17.9 Å². The quantitative estimate of drug-likeness (QED) is 0.784. The van der Waals surface area contributed by atoms with Gasteiger partial charge in [0.15, 0.2) is 0 Å². The van der Waals surface area contributed by atoms with Crippen molar-refractivity contribution in [2.75, 3.05) is 6.54 Å². The fourth-order valence-electron chi connectivity index (χ4n) is 2.74. The lowest BCUT2D eigenvalue weighted by atomic mass is 9.99. The summed E-state index contributed by atoms with van der Waals surface area (Å²) < 4.78 is 14.3. The lowest BCUT2D eigenvalue weighted by Crippen LogP contribution is -2.22. The fraction of sp³-hybridized carbons (Fsp3) is 0.333. The molecule has 1 saturated heterocycles. The Balaban J connectivity index is 2.07. The number of carbonyl (C=O) groups excluding carboxylic acids is 2. The second-order valence-electron chi connectivity index (χ2n) is 5.15. The number of fused-ring (bicyclic) bond motifs is 1. The van der Waals surface area contributed by atoms with Crippen LogP contribution in [0.3, 0.4) is 0 Å². The lowest BCUT2D eigenvalue weighted by Gasteiger charge is -2.19. The Kier molecular flexibility index (Phi) is 3.17. The van der Waals surface area contributed by atoms with E-state index in [2.05, 4.69) is 0 Å². The Hall–Kier alpha value is -1.62. The minimum absolute atomic E-state index is 0.00904. The molecular formula is C15H14FNO2S. The molecule has 0 radical (unpaired) electrons. The van der Waals surface area contributed by atoms with Crippen LogP contribution in [0.1, 0.15) is 34.0 Å². The van der Waals surface area contributed by atoms with E-state index in [0.29, 0.717) is 41.5 Å². The molecule has 1 fully saturated rings. The van der Waals surface area contributed by atoms with Crippen molar-refractivity contribution >= 4 is 29.0 Å². The molecule has 104 valence electrons. The van der Waals surface area contributed by atoms with E-state index in [4.69, 9.17) is 0 Å². The topological polar surface area (TPSA) is 37.4 Å². The van der Waals surface area contributed by atoms with Gasteiger partial charge in [-0.1, -0.05) is 24.8 Å². The average Bonchev–Trinajstić information content (AvgIpc) is 2.96. The third kappa shape index (κ3) is 1.88.